The quantitative estimate of drug-likeness (QED) is 0.587. The van der Waals surface area contributed by atoms with Crippen LogP contribution in [-0.2, 0) is 0 Å². The minimum atomic E-state index is -0.0727. The fourth-order valence-electron chi connectivity index (χ4n) is 4.08. The maximum atomic E-state index is 13.5. The van der Waals surface area contributed by atoms with Crippen LogP contribution in [0.3, 0.4) is 0 Å². The van der Waals surface area contributed by atoms with Gasteiger partial charge in [-0.15, -0.1) is 0 Å². The Kier molecular flexibility index (Phi) is 5.68. The number of hydrogen-bond donors (Lipinski definition) is 0. The van der Waals surface area contributed by atoms with Gasteiger partial charge < -0.3 is 14.4 Å². The number of amides is 1. The molecule has 1 aliphatic rings. The largest absolute Gasteiger partial charge is 0.497 e. The molecule has 3 aromatic rings. The SMILES string of the molecule is COc1ccc(OC)c(C2CCCN2C(=O)c2cnn(-c3cccc(Cl)c3)c2C)c1. The first-order valence-electron chi connectivity index (χ1n) is 9.87. The van der Waals surface area contributed by atoms with Crippen molar-refractivity contribution in [2.45, 2.75) is 25.8 Å². The molecule has 1 amide bonds. The Morgan fingerprint density at radius 3 is 2.73 bits per heavy atom. The van der Waals surface area contributed by atoms with E-state index in [1.807, 2.05) is 54.3 Å². The predicted octanol–water partition coefficient (Wildman–Crippen LogP) is 4.83. The van der Waals surface area contributed by atoms with E-state index in [0.29, 0.717) is 17.1 Å². The summed E-state index contributed by atoms with van der Waals surface area (Å²) in [5.74, 6) is 1.47. The van der Waals surface area contributed by atoms with E-state index in [1.165, 1.54) is 0 Å². The molecule has 1 aliphatic heterocycles. The van der Waals surface area contributed by atoms with E-state index in [4.69, 9.17) is 21.1 Å². The van der Waals surface area contributed by atoms with Gasteiger partial charge in [0.15, 0.2) is 0 Å². The van der Waals surface area contributed by atoms with Crippen LogP contribution < -0.4 is 9.47 Å². The van der Waals surface area contributed by atoms with Gasteiger partial charge in [-0.05, 0) is 56.2 Å². The van der Waals surface area contributed by atoms with Crippen LogP contribution in [0.2, 0.25) is 5.02 Å². The summed E-state index contributed by atoms with van der Waals surface area (Å²) in [4.78, 5) is 15.4. The van der Waals surface area contributed by atoms with Crippen molar-refractivity contribution in [3.63, 3.8) is 0 Å². The molecule has 2 aromatic carbocycles. The molecule has 1 saturated heterocycles. The molecule has 6 nitrogen and oxygen atoms in total. The molecular formula is C23H24ClN3O3. The number of aromatic nitrogens is 2. The van der Waals surface area contributed by atoms with Gasteiger partial charge in [0.05, 0.1) is 43.4 Å². The first kappa shape index (κ1) is 20.3. The number of carbonyl (C=O) groups is 1. The lowest BCUT2D eigenvalue weighted by Crippen LogP contribution is -2.31. The van der Waals surface area contributed by atoms with Gasteiger partial charge in [-0.25, -0.2) is 4.68 Å². The van der Waals surface area contributed by atoms with Crippen molar-refractivity contribution in [2.75, 3.05) is 20.8 Å². The lowest BCUT2D eigenvalue weighted by atomic mass is 10.0. The average Bonchev–Trinajstić information content (AvgIpc) is 3.39. The van der Waals surface area contributed by atoms with Crippen molar-refractivity contribution in [1.82, 2.24) is 14.7 Å². The second-order valence-electron chi connectivity index (χ2n) is 7.30. The average molecular weight is 426 g/mol. The Morgan fingerprint density at radius 1 is 1.17 bits per heavy atom. The predicted molar refractivity (Wildman–Crippen MR) is 116 cm³/mol. The highest BCUT2D eigenvalue weighted by atomic mass is 35.5. The van der Waals surface area contributed by atoms with Gasteiger partial charge >= 0.3 is 0 Å². The summed E-state index contributed by atoms with van der Waals surface area (Å²) in [7, 11) is 3.28. The molecule has 0 spiro atoms. The molecule has 4 rings (SSSR count). The number of carbonyl (C=O) groups excluding carboxylic acids is 1. The summed E-state index contributed by atoms with van der Waals surface area (Å²) in [6.07, 6.45) is 3.44. The normalized spacial score (nSPS) is 16.0. The first-order chi connectivity index (χ1) is 14.5. The van der Waals surface area contributed by atoms with Gasteiger partial charge in [0.2, 0.25) is 0 Å². The summed E-state index contributed by atoms with van der Waals surface area (Å²) in [5, 5.41) is 5.07. The molecule has 156 valence electrons. The van der Waals surface area contributed by atoms with Crippen molar-refractivity contribution < 1.29 is 14.3 Å². The minimum Gasteiger partial charge on any atom is -0.497 e. The van der Waals surface area contributed by atoms with E-state index in [0.717, 1.165) is 41.3 Å². The third-order valence-corrected chi connectivity index (χ3v) is 5.84. The highest BCUT2D eigenvalue weighted by Gasteiger charge is 2.34. The molecule has 1 unspecified atom stereocenters. The van der Waals surface area contributed by atoms with Gasteiger partial charge in [0, 0.05) is 17.1 Å². The molecular weight excluding hydrogens is 402 g/mol. The molecule has 7 heteroatoms. The van der Waals surface area contributed by atoms with Crippen LogP contribution in [0.1, 0.15) is 40.5 Å². The van der Waals surface area contributed by atoms with E-state index in [9.17, 15) is 4.79 Å². The molecule has 0 saturated carbocycles. The van der Waals surface area contributed by atoms with Gasteiger partial charge in [-0.3, -0.25) is 4.79 Å². The fraction of sp³-hybridized carbons (Fsp3) is 0.304. The third kappa shape index (κ3) is 3.63. The molecule has 1 atom stereocenters. The molecule has 0 N–H and O–H groups in total. The second-order valence-corrected chi connectivity index (χ2v) is 7.74. The zero-order valence-electron chi connectivity index (χ0n) is 17.3. The highest BCUT2D eigenvalue weighted by molar-refractivity contribution is 6.30. The van der Waals surface area contributed by atoms with Crippen LogP contribution in [-0.4, -0.2) is 41.4 Å². The summed E-state index contributed by atoms with van der Waals surface area (Å²) in [6, 6.07) is 13.1. The lowest BCUT2D eigenvalue weighted by molar-refractivity contribution is 0.0733. The Labute approximate surface area is 181 Å². The molecule has 0 aliphatic carbocycles. The number of methoxy groups -OCH3 is 2. The van der Waals surface area contributed by atoms with Crippen molar-refractivity contribution in [3.05, 3.63) is 70.5 Å². The third-order valence-electron chi connectivity index (χ3n) is 5.60. The number of likely N-dealkylation sites (tertiary alicyclic amines) is 1. The van der Waals surface area contributed by atoms with Gasteiger partial charge in [0.1, 0.15) is 11.5 Å². The van der Waals surface area contributed by atoms with Crippen molar-refractivity contribution in [1.29, 1.82) is 0 Å². The minimum absolute atomic E-state index is 0.0341. The summed E-state index contributed by atoms with van der Waals surface area (Å²) < 4.78 is 12.7. The van der Waals surface area contributed by atoms with Crippen molar-refractivity contribution in [3.8, 4) is 17.2 Å². The van der Waals surface area contributed by atoms with Gasteiger partial charge in [-0.1, -0.05) is 17.7 Å². The van der Waals surface area contributed by atoms with Crippen LogP contribution in [0.25, 0.3) is 5.69 Å². The van der Waals surface area contributed by atoms with Crippen LogP contribution in [0.5, 0.6) is 11.5 Å². The maximum absolute atomic E-state index is 13.5. The number of rotatable bonds is 5. The zero-order chi connectivity index (χ0) is 21.3. The summed E-state index contributed by atoms with van der Waals surface area (Å²) in [5.41, 5.74) is 3.16. The van der Waals surface area contributed by atoms with Gasteiger partial charge in [0.25, 0.3) is 5.91 Å². The topological polar surface area (TPSA) is 56.6 Å². The standard InChI is InChI=1S/C23H24ClN3O3/c1-15-20(14-25-27(15)17-7-4-6-16(24)12-17)23(28)26-11-5-8-21(26)19-13-18(29-2)9-10-22(19)30-3/h4,6-7,9-10,12-14,21H,5,8,11H2,1-3H3. The maximum Gasteiger partial charge on any atom is 0.257 e. The Morgan fingerprint density at radius 2 is 2.00 bits per heavy atom. The lowest BCUT2D eigenvalue weighted by Gasteiger charge is -2.26. The zero-order valence-corrected chi connectivity index (χ0v) is 18.0. The van der Waals surface area contributed by atoms with Crippen molar-refractivity contribution >= 4 is 17.5 Å². The van der Waals surface area contributed by atoms with E-state index in [1.54, 1.807) is 25.1 Å². The first-order valence-corrected chi connectivity index (χ1v) is 10.2. The summed E-state index contributed by atoms with van der Waals surface area (Å²) in [6.45, 7) is 2.59. The smallest absolute Gasteiger partial charge is 0.257 e. The van der Waals surface area contributed by atoms with E-state index in [-0.39, 0.29) is 11.9 Å². The van der Waals surface area contributed by atoms with Crippen LogP contribution >= 0.6 is 11.6 Å². The molecule has 1 aromatic heterocycles. The number of ether oxygens (including phenoxy) is 2. The number of hydrogen-bond acceptors (Lipinski definition) is 4. The molecule has 0 radical (unpaired) electrons. The fourth-order valence-corrected chi connectivity index (χ4v) is 4.26. The van der Waals surface area contributed by atoms with Gasteiger partial charge in [-0.2, -0.15) is 5.10 Å². The molecule has 30 heavy (non-hydrogen) atoms. The molecule has 1 fully saturated rings. The Balaban J connectivity index is 1.67. The number of benzene rings is 2. The van der Waals surface area contributed by atoms with E-state index in [2.05, 4.69) is 5.10 Å². The molecule has 2 heterocycles. The van der Waals surface area contributed by atoms with Crippen LogP contribution in [0.4, 0.5) is 0 Å². The molecule has 0 bridgehead atoms. The second kappa shape index (κ2) is 8.40. The van der Waals surface area contributed by atoms with Crippen LogP contribution in [0.15, 0.2) is 48.7 Å². The highest BCUT2D eigenvalue weighted by Crippen LogP contribution is 2.39. The monoisotopic (exact) mass is 425 g/mol. The number of halogens is 1. The Hall–Kier alpha value is -2.99. The van der Waals surface area contributed by atoms with E-state index >= 15 is 0 Å². The van der Waals surface area contributed by atoms with E-state index < -0.39 is 0 Å². The van der Waals surface area contributed by atoms with Crippen LogP contribution in [0, 0.1) is 6.92 Å². The van der Waals surface area contributed by atoms with Crippen molar-refractivity contribution in [2.24, 2.45) is 0 Å². The summed E-state index contributed by atoms with van der Waals surface area (Å²) >= 11 is 6.12. The Bertz CT molecular complexity index is 1080. The number of nitrogens with zero attached hydrogens (tertiary/aromatic N) is 3.